The topological polar surface area (TPSA) is 38.0 Å². The molecule has 0 spiro atoms. The number of ether oxygens (including phenoxy) is 1. The zero-order valence-electron chi connectivity index (χ0n) is 11.9. The van der Waals surface area contributed by atoms with Crippen molar-refractivity contribution in [1.82, 2.24) is 4.57 Å². The molecule has 0 bridgehead atoms. The monoisotopic (exact) mass is 280 g/mol. The number of aryl methyl sites for hydroxylation is 2. The highest BCUT2D eigenvalue weighted by Crippen LogP contribution is 2.22. The average Bonchev–Trinajstić information content (AvgIpc) is 2.54. The minimum absolute atomic E-state index is 0. The van der Waals surface area contributed by atoms with Gasteiger partial charge in [0.25, 0.3) is 0 Å². The molecule has 0 aliphatic carbocycles. The molecule has 1 aromatic heterocycles. The Hall–Kier alpha value is -1.48. The van der Waals surface area contributed by atoms with E-state index in [2.05, 4.69) is 35.9 Å². The number of benzene rings is 1. The number of halogens is 1. The molecule has 2 aromatic rings. The van der Waals surface area contributed by atoms with Crippen LogP contribution in [0.15, 0.2) is 24.4 Å². The zero-order valence-corrected chi connectivity index (χ0v) is 12.7. The molecule has 0 aliphatic heterocycles. The highest BCUT2D eigenvalue weighted by molar-refractivity contribution is 5.89. The Morgan fingerprint density at radius 2 is 2.05 bits per heavy atom. The van der Waals surface area contributed by atoms with Crippen molar-refractivity contribution >= 4 is 29.2 Å². The molecule has 0 amide bonds. The lowest BCUT2D eigenvalue weighted by Gasteiger charge is -2.09. The van der Waals surface area contributed by atoms with Gasteiger partial charge in [-0.15, -0.1) is 12.4 Å². The van der Waals surface area contributed by atoms with Crippen molar-refractivity contribution in [2.45, 2.75) is 33.3 Å². The summed E-state index contributed by atoms with van der Waals surface area (Å²) in [5.41, 5.74) is 3.60. The molecule has 0 aliphatic rings. The molecule has 0 atom stereocenters. The van der Waals surface area contributed by atoms with Crippen LogP contribution in [-0.2, 0) is 18.2 Å². The van der Waals surface area contributed by atoms with E-state index in [9.17, 15) is 0 Å². The van der Waals surface area contributed by atoms with E-state index >= 15 is 0 Å². The molecule has 0 saturated carbocycles. The molecule has 19 heavy (non-hydrogen) atoms. The summed E-state index contributed by atoms with van der Waals surface area (Å²) >= 11 is 0. The number of hydrogen-bond acceptors (Lipinski definition) is 2. The van der Waals surface area contributed by atoms with Crippen molar-refractivity contribution < 1.29 is 4.74 Å². The highest BCUT2D eigenvalue weighted by atomic mass is 35.5. The third-order valence-corrected chi connectivity index (χ3v) is 2.96. The molecule has 4 heteroatoms. The van der Waals surface area contributed by atoms with Crippen LogP contribution in [0.2, 0.25) is 0 Å². The molecule has 1 N–H and O–H groups in total. The van der Waals surface area contributed by atoms with E-state index in [-0.39, 0.29) is 18.5 Å². The summed E-state index contributed by atoms with van der Waals surface area (Å²) in [6.45, 7) is 5.98. The van der Waals surface area contributed by atoms with Crippen LogP contribution in [0.4, 0.5) is 0 Å². The molecule has 2 rings (SSSR count). The fourth-order valence-corrected chi connectivity index (χ4v) is 2.23. The van der Waals surface area contributed by atoms with E-state index < -0.39 is 0 Å². The first kappa shape index (κ1) is 15.6. The van der Waals surface area contributed by atoms with E-state index in [1.807, 2.05) is 20.9 Å². The van der Waals surface area contributed by atoms with Crippen molar-refractivity contribution in [2.24, 2.45) is 7.05 Å². The minimum Gasteiger partial charge on any atom is -0.478 e. The van der Waals surface area contributed by atoms with Crippen LogP contribution in [-0.4, -0.2) is 16.6 Å². The standard InChI is InChI=1S/C15H20N2O.ClH/c1-10(2)18-15(16)8-12-9-17(4)14-6-5-11(3)7-13(12)14;/h5-7,9-10,16H,8H2,1-4H3;1H. The fraction of sp³-hybridized carbons (Fsp3) is 0.400. The van der Waals surface area contributed by atoms with Gasteiger partial charge >= 0.3 is 0 Å². The molecule has 104 valence electrons. The Morgan fingerprint density at radius 3 is 2.68 bits per heavy atom. The van der Waals surface area contributed by atoms with E-state index in [1.54, 1.807) is 0 Å². The van der Waals surface area contributed by atoms with E-state index in [4.69, 9.17) is 10.1 Å². The van der Waals surface area contributed by atoms with Gasteiger partial charge in [-0.05, 0) is 38.5 Å². The smallest absolute Gasteiger partial charge is 0.185 e. The Bertz CT molecular complexity index is 587. The molecule has 1 heterocycles. The van der Waals surface area contributed by atoms with Crippen LogP contribution in [0.25, 0.3) is 10.9 Å². The maximum atomic E-state index is 7.86. The lowest BCUT2D eigenvalue weighted by atomic mass is 10.1. The lowest BCUT2D eigenvalue weighted by molar-refractivity contribution is 0.221. The maximum absolute atomic E-state index is 7.86. The van der Waals surface area contributed by atoms with Crippen molar-refractivity contribution in [2.75, 3.05) is 0 Å². The van der Waals surface area contributed by atoms with Gasteiger partial charge < -0.3 is 9.30 Å². The second-order valence-electron chi connectivity index (χ2n) is 5.05. The number of nitrogens with zero attached hydrogens (tertiary/aromatic N) is 1. The Balaban J connectivity index is 0.00000180. The third-order valence-electron chi connectivity index (χ3n) is 2.96. The first-order valence-corrected chi connectivity index (χ1v) is 6.26. The van der Waals surface area contributed by atoms with Gasteiger partial charge in [-0.2, -0.15) is 0 Å². The van der Waals surface area contributed by atoms with Crippen LogP contribution >= 0.6 is 12.4 Å². The second-order valence-corrected chi connectivity index (χ2v) is 5.05. The quantitative estimate of drug-likeness (QED) is 0.673. The van der Waals surface area contributed by atoms with Crippen molar-refractivity contribution in [3.05, 3.63) is 35.5 Å². The predicted octanol–water partition coefficient (Wildman–Crippen LogP) is 3.85. The van der Waals surface area contributed by atoms with Crippen molar-refractivity contribution in [1.29, 1.82) is 5.41 Å². The molecule has 0 saturated heterocycles. The first-order valence-electron chi connectivity index (χ1n) is 6.26. The van der Waals surface area contributed by atoms with Gasteiger partial charge in [0.15, 0.2) is 5.90 Å². The summed E-state index contributed by atoms with van der Waals surface area (Å²) in [5.74, 6) is 0.332. The molecule has 0 unspecified atom stereocenters. The summed E-state index contributed by atoms with van der Waals surface area (Å²) in [6, 6.07) is 6.41. The van der Waals surface area contributed by atoms with E-state index in [0.29, 0.717) is 12.3 Å². The lowest BCUT2D eigenvalue weighted by Crippen LogP contribution is -2.12. The third kappa shape index (κ3) is 3.51. The van der Waals surface area contributed by atoms with Crippen molar-refractivity contribution in [3.63, 3.8) is 0 Å². The van der Waals surface area contributed by atoms with E-state index in [0.717, 1.165) is 5.56 Å². The average molecular weight is 281 g/mol. The van der Waals surface area contributed by atoms with Gasteiger partial charge in [-0.1, -0.05) is 11.6 Å². The van der Waals surface area contributed by atoms with Gasteiger partial charge in [0.2, 0.25) is 0 Å². The predicted molar refractivity (Wildman–Crippen MR) is 82.6 cm³/mol. The highest BCUT2D eigenvalue weighted by Gasteiger charge is 2.10. The molecule has 3 nitrogen and oxygen atoms in total. The van der Waals surface area contributed by atoms with E-state index in [1.165, 1.54) is 16.5 Å². The number of nitrogens with one attached hydrogen (secondary N) is 1. The summed E-state index contributed by atoms with van der Waals surface area (Å²) in [7, 11) is 2.04. The molecular formula is C15H21ClN2O. The normalized spacial score (nSPS) is 10.6. The SMILES string of the molecule is Cc1ccc2c(c1)c(CC(=N)OC(C)C)cn2C.Cl. The van der Waals surface area contributed by atoms with Crippen LogP contribution in [0.1, 0.15) is 25.0 Å². The number of hydrogen-bond donors (Lipinski definition) is 1. The second kappa shape index (κ2) is 6.11. The van der Waals surface area contributed by atoms with Crippen molar-refractivity contribution in [3.8, 4) is 0 Å². The van der Waals surface area contributed by atoms with Crippen LogP contribution in [0.5, 0.6) is 0 Å². The summed E-state index contributed by atoms with van der Waals surface area (Å²) in [4.78, 5) is 0. The summed E-state index contributed by atoms with van der Waals surface area (Å²) in [6.07, 6.45) is 2.70. The van der Waals surface area contributed by atoms with Gasteiger partial charge in [0.1, 0.15) is 0 Å². The molecule has 1 aromatic carbocycles. The number of aromatic nitrogens is 1. The largest absolute Gasteiger partial charge is 0.478 e. The van der Waals surface area contributed by atoms with Gasteiger partial charge in [-0.3, -0.25) is 5.41 Å². The summed E-state index contributed by atoms with van der Waals surface area (Å²) in [5, 5.41) is 9.08. The fourth-order valence-electron chi connectivity index (χ4n) is 2.23. The zero-order chi connectivity index (χ0) is 13.3. The Morgan fingerprint density at radius 1 is 1.37 bits per heavy atom. The Labute approximate surface area is 120 Å². The first-order chi connectivity index (χ1) is 8.47. The van der Waals surface area contributed by atoms with Gasteiger partial charge in [0.05, 0.1) is 12.5 Å². The maximum Gasteiger partial charge on any atom is 0.185 e. The molecular weight excluding hydrogens is 260 g/mol. The van der Waals surface area contributed by atoms with Crippen LogP contribution in [0, 0.1) is 12.3 Å². The minimum atomic E-state index is 0. The number of fused-ring (bicyclic) bond motifs is 1. The number of rotatable bonds is 3. The van der Waals surface area contributed by atoms with Crippen LogP contribution in [0.3, 0.4) is 0 Å². The van der Waals surface area contributed by atoms with Gasteiger partial charge in [0, 0.05) is 24.1 Å². The molecule has 0 fully saturated rings. The van der Waals surface area contributed by atoms with Gasteiger partial charge in [-0.25, -0.2) is 0 Å². The van der Waals surface area contributed by atoms with Crippen LogP contribution < -0.4 is 0 Å². The molecule has 0 radical (unpaired) electrons. The summed E-state index contributed by atoms with van der Waals surface area (Å²) < 4.78 is 7.52. The Kier molecular flexibility index (Phi) is 5.01.